The second kappa shape index (κ2) is 5.91. The topological polar surface area (TPSA) is 59.1 Å². The SMILES string of the molecule is O=S(=O)(NCC1CCCC1Cl)c1cccc2cnccc12. The highest BCUT2D eigenvalue weighted by atomic mass is 35.5. The van der Waals surface area contributed by atoms with Gasteiger partial charge in [0.05, 0.1) is 4.90 Å². The molecule has 0 amide bonds. The van der Waals surface area contributed by atoms with Crippen molar-refractivity contribution in [3.05, 3.63) is 36.7 Å². The monoisotopic (exact) mass is 324 g/mol. The zero-order chi connectivity index (χ0) is 14.9. The minimum Gasteiger partial charge on any atom is -0.264 e. The molecule has 21 heavy (non-hydrogen) atoms. The lowest BCUT2D eigenvalue weighted by Gasteiger charge is -2.15. The Kier molecular flexibility index (Phi) is 4.15. The molecule has 1 fully saturated rings. The van der Waals surface area contributed by atoms with Crippen LogP contribution in [-0.2, 0) is 10.0 Å². The summed E-state index contributed by atoms with van der Waals surface area (Å²) >= 11 is 6.21. The van der Waals surface area contributed by atoms with Crippen molar-refractivity contribution in [2.24, 2.45) is 5.92 Å². The van der Waals surface area contributed by atoms with Gasteiger partial charge in [-0.3, -0.25) is 4.98 Å². The van der Waals surface area contributed by atoms with E-state index in [1.54, 1.807) is 30.6 Å². The van der Waals surface area contributed by atoms with Gasteiger partial charge in [0.1, 0.15) is 0 Å². The Hall–Kier alpha value is -1.17. The fourth-order valence-electron chi connectivity index (χ4n) is 2.84. The maximum Gasteiger partial charge on any atom is 0.241 e. The lowest BCUT2D eigenvalue weighted by atomic mass is 10.1. The maximum atomic E-state index is 12.5. The van der Waals surface area contributed by atoms with E-state index in [1.165, 1.54) is 0 Å². The number of pyridine rings is 1. The van der Waals surface area contributed by atoms with E-state index >= 15 is 0 Å². The minimum atomic E-state index is -3.53. The number of alkyl halides is 1. The molecular formula is C15H17ClN2O2S. The minimum absolute atomic E-state index is 0.0735. The van der Waals surface area contributed by atoms with Crippen LogP contribution in [0.15, 0.2) is 41.6 Å². The van der Waals surface area contributed by atoms with E-state index in [0.29, 0.717) is 16.8 Å². The summed E-state index contributed by atoms with van der Waals surface area (Å²) in [6, 6.07) is 6.94. The summed E-state index contributed by atoms with van der Waals surface area (Å²) < 4.78 is 27.8. The first kappa shape index (κ1) is 14.8. The number of sulfonamides is 1. The molecule has 0 spiro atoms. The quantitative estimate of drug-likeness (QED) is 0.880. The van der Waals surface area contributed by atoms with Gasteiger partial charge in [-0.1, -0.05) is 18.6 Å². The highest BCUT2D eigenvalue weighted by molar-refractivity contribution is 7.89. The van der Waals surface area contributed by atoms with Crippen LogP contribution >= 0.6 is 11.6 Å². The third-order valence-corrected chi connectivity index (χ3v) is 6.09. The molecule has 1 aliphatic rings. The molecule has 2 aromatic rings. The van der Waals surface area contributed by atoms with Crippen LogP contribution in [0.5, 0.6) is 0 Å². The smallest absolute Gasteiger partial charge is 0.241 e. The van der Waals surface area contributed by atoms with Crippen LogP contribution in [0.3, 0.4) is 0 Å². The van der Waals surface area contributed by atoms with E-state index in [2.05, 4.69) is 9.71 Å². The van der Waals surface area contributed by atoms with Gasteiger partial charge in [-0.2, -0.15) is 0 Å². The predicted molar refractivity (Wildman–Crippen MR) is 83.9 cm³/mol. The zero-order valence-corrected chi connectivity index (χ0v) is 13.1. The van der Waals surface area contributed by atoms with Gasteiger partial charge in [-0.15, -0.1) is 11.6 Å². The number of rotatable bonds is 4. The van der Waals surface area contributed by atoms with E-state index < -0.39 is 10.0 Å². The first-order valence-corrected chi connectivity index (χ1v) is 8.96. The standard InChI is InChI=1S/C15H17ClN2O2S/c16-14-5-1-4-12(14)10-18-21(19,20)15-6-2-3-11-9-17-8-7-13(11)15/h2-3,6-9,12,14,18H,1,4-5,10H2. The van der Waals surface area contributed by atoms with Crippen molar-refractivity contribution in [1.82, 2.24) is 9.71 Å². The predicted octanol–water partition coefficient (Wildman–Crippen LogP) is 2.92. The molecule has 2 unspecified atom stereocenters. The van der Waals surface area contributed by atoms with Gasteiger partial charge in [0.2, 0.25) is 10.0 Å². The number of nitrogens with zero attached hydrogens (tertiary/aromatic N) is 1. The van der Waals surface area contributed by atoms with Crippen LogP contribution in [0, 0.1) is 5.92 Å². The molecule has 0 bridgehead atoms. The third kappa shape index (κ3) is 3.05. The molecule has 1 aromatic carbocycles. The highest BCUT2D eigenvalue weighted by Gasteiger charge is 2.27. The molecule has 1 N–H and O–H groups in total. The molecule has 1 aliphatic carbocycles. The number of aromatic nitrogens is 1. The van der Waals surface area contributed by atoms with Crippen molar-refractivity contribution in [3.63, 3.8) is 0 Å². The summed E-state index contributed by atoms with van der Waals surface area (Å²) in [7, 11) is -3.53. The van der Waals surface area contributed by atoms with Gasteiger partial charge in [0.15, 0.2) is 0 Å². The van der Waals surface area contributed by atoms with Crippen LogP contribution in [0.4, 0.5) is 0 Å². The Bertz CT molecular complexity index is 743. The molecule has 6 heteroatoms. The summed E-state index contributed by atoms with van der Waals surface area (Å²) in [4.78, 5) is 4.32. The van der Waals surface area contributed by atoms with E-state index in [4.69, 9.17) is 11.6 Å². The molecule has 2 atom stereocenters. The van der Waals surface area contributed by atoms with Crippen LogP contribution in [0.2, 0.25) is 0 Å². The summed E-state index contributed by atoms with van der Waals surface area (Å²) in [6.45, 7) is 0.401. The summed E-state index contributed by atoms with van der Waals surface area (Å²) in [6.07, 6.45) is 6.29. The Balaban J connectivity index is 1.86. The Morgan fingerprint density at radius 2 is 2.14 bits per heavy atom. The van der Waals surface area contributed by atoms with Gasteiger partial charge < -0.3 is 0 Å². The Morgan fingerprint density at radius 1 is 1.29 bits per heavy atom. The molecule has 3 rings (SSSR count). The second-order valence-corrected chi connectivity index (χ2v) is 7.71. The highest BCUT2D eigenvalue weighted by Crippen LogP contribution is 2.30. The molecular weight excluding hydrogens is 308 g/mol. The first-order chi connectivity index (χ1) is 10.1. The Labute approximate surface area is 129 Å². The summed E-state index contributed by atoms with van der Waals surface area (Å²) in [5.74, 6) is 0.220. The van der Waals surface area contributed by atoms with Gasteiger partial charge in [-0.25, -0.2) is 13.1 Å². The number of benzene rings is 1. The van der Waals surface area contributed by atoms with Crippen LogP contribution in [0.1, 0.15) is 19.3 Å². The van der Waals surface area contributed by atoms with E-state index in [1.807, 2.05) is 6.07 Å². The van der Waals surface area contributed by atoms with E-state index in [0.717, 1.165) is 24.6 Å². The van der Waals surface area contributed by atoms with Crippen molar-refractivity contribution in [1.29, 1.82) is 0 Å². The molecule has 1 aromatic heterocycles. The summed E-state index contributed by atoms with van der Waals surface area (Å²) in [5, 5.41) is 1.58. The van der Waals surface area contributed by atoms with Crippen LogP contribution < -0.4 is 4.72 Å². The Morgan fingerprint density at radius 3 is 2.90 bits per heavy atom. The van der Waals surface area contributed by atoms with Gasteiger partial charge in [-0.05, 0) is 30.9 Å². The average molecular weight is 325 g/mol. The zero-order valence-electron chi connectivity index (χ0n) is 11.5. The van der Waals surface area contributed by atoms with Crippen molar-refractivity contribution in [2.45, 2.75) is 29.5 Å². The fourth-order valence-corrected chi connectivity index (χ4v) is 4.53. The second-order valence-electron chi connectivity index (χ2n) is 5.41. The molecule has 0 radical (unpaired) electrons. The van der Waals surface area contributed by atoms with Gasteiger partial charge >= 0.3 is 0 Å². The van der Waals surface area contributed by atoms with Crippen molar-refractivity contribution in [2.75, 3.05) is 6.54 Å². The number of nitrogens with one attached hydrogen (secondary N) is 1. The van der Waals surface area contributed by atoms with Crippen molar-refractivity contribution in [3.8, 4) is 0 Å². The van der Waals surface area contributed by atoms with Crippen LogP contribution in [-0.4, -0.2) is 25.3 Å². The molecule has 1 heterocycles. The molecule has 1 saturated carbocycles. The number of fused-ring (bicyclic) bond motifs is 1. The van der Waals surface area contributed by atoms with E-state index in [-0.39, 0.29) is 11.3 Å². The molecule has 0 saturated heterocycles. The maximum absolute atomic E-state index is 12.5. The first-order valence-electron chi connectivity index (χ1n) is 7.04. The van der Waals surface area contributed by atoms with Crippen molar-refractivity contribution < 1.29 is 8.42 Å². The average Bonchev–Trinajstić information content (AvgIpc) is 2.90. The van der Waals surface area contributed by atoms with Gasteiger partial charge in [0, 0.05) is 35.1 Å². The normalized spacial score (nSPS) is 22.7. The number of halogens is 1. The molecule has 0 aliphatic heterocycles. The van der Waals surface area contributed by atoms with Gasteiger partial charge in [0.25, 0.3) is 0 Å². The van der Waals surface area contributed by atoms with E-state index in [9.17, 15) is 8.42 Å². The third-order valence-electron chi connectivity index (χ3n) is 4.03. The number of hydrogen-bond acceptors (Lipinski definition) is 3. The fraction of sp³-hybridized carbons (Fsp3) is 0.400. The molecule has 4 nitrogen and oxygen atoms in total. The lowest BCUT2D eigenvalue weighted by Crippen LogP contribution is -2.31. The van der Waals surface area contributed by atoms with Crippen molar-refractivity contribution >= 4 is 32.4 Å². The summed E-state index contributed by atoms with van der Waals surface area (Å²) in [5.41, 5.74) is 0. The molecule has 112 valence electrons. The largest absolute Gasteiger partial charge is 0.264 e. The van der Waals surface area contributed by atoms with Crippen LogP contribution in [0.25, 0.3) is 10.8 Å². The lowest BCUT2D eigenvalue weighted by molar-refractivity contribution is 0.524. The number of hydrogen-bond donors (Lipinski definition) is 1.